The molecule has 0 aromatic heterocycles. The summed E-state index contributed by atoms with van der Waals surface area (Å²) in [4.78, 5) is 10.9. The van der Waals surface area contributed by atoms with Gasteiger partial charge >= 0.3 is 0 Å². The third-order valence-corrected chi connectivity index (χ3v) is 1.21. The molecule has 0 radical (unpaired) electrons. The zero-order chi connectivity index (χ0) is 9.61. The molecule has 0 saturated carbocycles. The Morgan fingerprint density at radius 3 is 2.67 bits per heavy atom. The minimum absolute atomic E-state index is 0.116. The third-order valence-electron chi connectivity index (χ3n) is 1.21. The summed E-state index contributed by atoms with van der Waals surface area (Å²) in [6.07, 6.45) is 5.75. The van der Waals surface area contributed by atoms with E-state index in [9.17, 15) is 9.90 Å². The van der Waals surface area contributed by atoms with Gasteiger partial charge in [0.2, 0.25) is 5.91 Å². The molecule has 0 saturated heterocycles. The van der Waals surface area contributed by atoms with E-state index in [1.807, 2.05) is 0 Å². The zero-order valence-corrected chi connectivity index (χ0v) is 7.55. The number of aliphatic hydroxyl groups is 1. The van der Waals surface area contributed by atoms with Gasteiger partial charge in [-0.25, -0.2) is 0 Å². The van der Waals surface area contributed by atoms with Gasteiger partial charge in [0.1, 0.15) is 0 Å². The lowest BCUT2D eigenvalue weighted by Gasteiger charge is -2.17. The Labute approximate surface area is 73.2 Å². The molecule has 0 aliphatic carbocycles. The summed E-state index contributed by atoms with van der Waals surface area (Å²) in [5, 5.41) is 11.8. The molecule has 0 aliphatic heterocycles. The minimum Gasteiger partial charge on any atom is -0.389 e. The van der Waals surface area contributed by atoms with Crippen molar-refractivity contribution in [1.29, 1.82) is 0 Å². The smallest absolute Gasteiger partial charge is 0.221 e. The van der Waals surface area contributed by atoms with Gasteiger partial charge in [-0.05, 0) is 13.8 Å². The van der Waals surface area contributed by atoms with E-state index in [0.717, 1.165) is 0 Å². The lowest BCUT2D eigenvalue weighted by Crippen LogP contribution is -2.38. The van der Waals surface area contributed by atoms with Crippen LogP contribution in [0.15, 0.2) is 0 Å². The second kappa shape index (κ2) is 4.78. The maximum absolute atomic E-state index is 10.9. The van der Waals surface area contributed by atoms with Gasteiger partial charge in [-0.2, -0.15) is 0 Å². The Hall–Kier alpha value is -1.01. The molecule has 0 spiro atoms. The number of hydrogen-bond donors (Lipinski definition) is 2. The SMILES string of the molecule is C#CCCC(=O)NCC(C)(C)O. The van der Waals surface area contributed by atoms with Crippen LogP contribution < -0.4 is 5.32 Å². The molecule has 0 rings (SSSR count). The van der Waals surface area contributed by atoms with E-state index in [0.29, 0.717) is 12.8 Å². The molecule has 0 heterocycles. The van der Waals surface area contributed by atoms with Crippen molar-refractivity contribution >= 4 is 5.91 Å². The molecular formula is C9H15NO2. The quantitative estimate of drug-likeness (QED) is 0.594. The Morgan fingerprint density at radius 2 is 2.25 bits per heavy atom. The second-order valence-electron chi connectivity index (χ2n) is 3.29. The Bertz CT molecular complexity index is 186. The topological polar surface area (TPSA) is 49.3 Å². The van der Waals surface area contributed by atoms with Crippen molar-refractivity contribution in [1.82, 2.24) is 5.32 Å². The van der Waals surface area contributed by atoms with Gasteiger partial charge in [-0.3, -0.25) is 4.79 Å². The van der Waals surface area contributed by atoms with Crippen LogP contribution in [0.25, 0.3) is 0 Å². The predicted octanol–water partition coefficient (Wildman–Crippen LogP) is 0.287. The highest BCUT2D eigenvalue weighted by Gasteiger charge is 2.12. The number of terminal acetylenes is 1. The lowest BCUT2D eigenvalue weighted by molar-refractivity contribution is -0.122. The molecule has 0 atom stereocenters. The van der Waals surface area contributed by atoms with Crippen LogP contribution in [-0.4, -0.2) is 23.2 Å². The van der Waals surface area contributed by atoms with Gasteiger partial charge in [0.05, 0.1) is 5.60 Å². The maximum Gasteiger partial charge on any atom is 0.221 e. The molecule has 3 nitrogen and oxygen atoms in total. The molecule has 12 heavy (non-hydrogen) atoms. The fraction of sp³-hybridized carbons (Fsp3) is 0.667. The molecule has 0 aromatic carbocycles. The minimum atomic E-state index is -0.855. The van der Waals surface area contributed by atoms with Crippen LogP contribution in [0.3, 0.4) is 0 Å². The first-order valence-electron chi connectivity index (χ1n) is 3.88. The predicted molar refractivity (Wildman–Crippen MR) is 47.4 cm³/mol. The van der Waals surface area contributed by atoms with Crippen LogP contribution >= 0.6 is 0 Å². The van der Waals surface area contributed by atoms with E-state index in [4.69, 9.17) is 6.42 Å². The van der Waals surface area contributed by atoms with Gasteiger partial charge in [0.25, 0.3) is 0 Å². The standard InChI is InChI=1S/C9H15NO2/c1-4-5-6-8(11)10-7-9(2,3)12/h1,12H,5-7H2,2-3H3,(H,10,11). The number of carbonyl (C=O) groups excluding carboxylic acids is 1. The molecule has 0 bridgehead atoms. The van der Waals surface area contributed by atoms with Crippen molar-refractivity contribution in [2.75, 3.05) is 6.54 Å². The Balaban J connectivity index is 3.53. The van der Waals surface area contributed by atoms with Crippen molar-refractivity contribution in [2.45, 2.75) is 32.3 Å². The van der Waals surface area contributed by atoms with Crippen molar-refractivity contribution in [2.24, 2.45) is 0 Å². The Morgan fingerprint density at radius 1 is 1.67 bits per heavy atom. The van der Waals surface area contributed by atoms with E-state index in [2.05, 4.69) is 11.2 Å². The Kier molecular flexibility index (Phi) is 4.38. The molecule has 0 aliphatic rings. The van der Waals surface area contributed by atoms with Crippen molar-refractivity contribution in [3.05, 3.63) is 0 Å². The number of rotatable bonds is 4. The van der Waals surface area contributed by atoms with Gasteiger partial charge in [0, 0.05) is 19.4 Å². The van der Waals surface area contributed by atoms with Gasteiger partial charge in [0.15, 0.2) is 0 Å². The van der Waals surface area contributed by atoms with Crippen LogP contribution in [0.1, 0.15) is 26.7 Å². The largest absolute Gasteiger partial charge is 0.389 e. The van der Waals surface area contributed by atoms with Gasteiger partial charge < -0.3 is 10.4 Å². The van der Waals surface area contributed by atoms with Crippen LogP contribution in [0.2, 0.25) is 0 Å². The fourth-order valence-corrected chi connectivity index (χ4v) is 0.589. The first-order chi connectivity index (χ1) is 5.45. The first kappa shape index (κ1) is 11.0. The molecule has 0 aromatic rings. The second-order valence-corrected chi connectivity index (χ2v) is 3.29. The molecule has 2 N–H and O–H groups in total. The fourth-order valence-electron chi connectivity index (χ4n) is 0.589. The average molecular weight is 169 g/mol. The highest BCUT2D eigenvalue weighted by molar-refractivity contribution is 5.76. The van der Waals surface area contributed by atoms with Gasteiger partial charge in [-0.1, -0.05) is 0 Å². The molecule has 0 unspecified atom stereocenters. The molecule has 0 fully saturated rings. The highest BCUT2D eigenvalue weighted by Crippen LogP contribution is 1.97. The average Bonchev–Trinajstić information content (AvgIpc) is 1.95. The normalized spacial score (nSPS) is 10.5. The number of carbonyl (C=O) groups is 1. The summed E-state index contributed by atoms with van der Waals surface area (Å²) in [7, 11) is 0. The van der Waals surface area contributed by atoms with Crippen molar-refractivity contribution in [3.63, 3.8) is 0 Å². The van der Waals surface area contributed by atoms with E-state index in [1.54, 1.807) is 13.8 Å². The van der Waals surface area contributed by atoms with Crippen LogP contribution in [0.4, 0.5) is 0 Å². The molecule has 68 valence electrons. The monoisotopic (exact) mass is 169 g/mol. The number of amides is 1. The third kappa shape index (κ3) is 7.10. The van der Waals surface area contributed by atoms with Gasteiger partial charge in [-0.15, -0.1) is 12.3 Å². The van der Waals surface area contributed by atoms with Crippen LogP contribution in [0.5, 0.6) is 0 Å². The molecule has 1 amide bonds. The molecular weight excluding hydrogens is 154 g/mol. The first-order valence-corrected chi connectivity index (χ1v) is 3.88. The van der Waals surface area contributed by atoms with E-state index < -0.39 is 5.60 Å². The number of hydrogen-bond acceptors (Lipinski definition) is 2. The maximum atomic E-state index is 10.9. The summed E-state index contributed by atoms with van der Waals surface area (Å²) in [5.74, 6) is 2.26. The highest BCUT2D eigenvalue weighted by atomic mass is 16.3. The van der Waals surface area contributed by atoms with Crippen molar-refractivity contribution < 1.29 is 9.90 Å². The summed E-state index contributed by atoms with van der Waals surface area (Å²) in [6.45, 7) is 3.53. The van der Waals surface area contributed by atoms with Crippen LogP contribution in [-0.2, 0) is 4.79 Å². The molecule has 3 heteroatoms. The zero-order valence-electron chi connectivity index (χ0n) is 7.55. The summed E-state index contributed by atoms with van der Waals surface area (Å²) >= 11 is 0. The van der Waals surface area contributed by atoms with E-state index in [-0.39, 0.29) is 12.5 Å². The van der Waals surface area contributed by atoms with Crippen molar-refractivity contribution in [3.8, 4) is 12.3 Å². The van der Waals surface area contributed by atoms with Crippen LogP contribution in [0, 0.1) is 12.3 Å². The summed E-state index contributed by atoms with van der Waals surface area (Å²) < 4.78 is 0. The summed E-state index contributed by atoms with van der Waals surface area (Å²) in [6, 6.07) is 0. The van der Waals surface area contributed by atoms with E-state index >= 15 is 0 Å². The van der Waals surface area contributed by atoms with E-state index in [1.165, 1.54) is 0 Å². The summed E-state index contributed by atoms with van der Waals surface area (Å²) in [5.41, 5.74) is -0.855. The number of nitrogens with one attached hydrogen (secondary N) is 1. The lowest BCUT2D eigenvalue weighted by atomic mass is 10.1.